The summed E-state index contributed by atoms with van der Waals surface area (Å²) in [6.45, 7) is 0. The van der Waals surface area contributed by atoms with Crippen molar-refractivity contribution in [2.45, 2.75) is 5.02 Å². The van der Waals surface area contributed by atoms with Crippen LogP contribution in [0.4, 0.5) is 0 Å². The maximum absolute atomic E-state index is 11.3. The van der Waals surface area contributed by atoms with Crippen LogP contribution in [0, 0.1) is 0 Å². The molecular weight excluding hydrogens is 255 g/mol. The van der Waals surface area contributed by atoms with E-state index in [0.717, 1.165) is 0 Å². The number of esters is 2. The lowest BCUT2D eigenvalue weighted by molar-refractivity contribution is 0.0533. The summed E-state index contributed by atoms with van der Waals surface area (Å²) >= 11 is 10.5. The predicted octanol–water partition coefficient (Wildman–Crippen LogP) is 2.39. The number of rotatable bonds is 3. The van der Waals surface area contributed by atoms with Crippen LogP contribution in [0.3, 0.4) is 0 Å². The normalized spacial score (nSPS) is 10.0. The Morgan fingerprint density at radius 1 is 1.06 bits per heavy atom. The fraction of sp³-hybridized carbons (Fsp3) is 0.200. The van der Waals surface area contributed by atoms with E-state index in [0.29, 0.717) is 5.56 Å². The van der Waals surface area contributed by atoms with Gasteiger partial charge in [0.25, 0.3) is 5.02 Å². The van der Waals surface area contributed by atoms with Crippen molar-refractivity contribution in [2.24, 2.45) is 0 Å². The van der Waals surface area contributed by atoms with Crippen molar-refractivity contribution in [1.29, 1.82) is 0 Å². The molecule has 0 bridgehead atoms. The summed E-state index contributed by atoms with van der Waals surface area (Å²) in [6.07, 6.45) is 0. The van der Waals surface area contributed by atoms with Crippen LogP contribution in [0.2, 0.25) is 0 Å². The van der Waals surface area contributed by atoms with Gasteiger partial charge in [-0.15, -0.1) is 0 Å². The molecule has 0 spiro atoms. The quantitative estimate of drug-likeness (QED) is 0.620. The molecule has 0 saturated carbocycles. The largest absolute Gasteiger partial charge is 0.465 e. The molecule has 4 nitrogen and oxygen atoms in total. The molecule has 0 heterocycles. The predicted molar refractivity (Wildman–Crippen MR) is 58.7 cm³/mol. The van der Waals surface area contributed by atoms with E-state index in [4.69, 9.17) is 23.2 Å². The molecule has 0 radical (unpaired) electrons. The highest BCUT2D eigenvalue weighted by Crippen LogP contribution is 2.11. The van der Waals surface area contributed by atoms with Crippen molar-refractivity contribution in [2.75, 3.05) is 7.11 Å². The minimum absolute atomic E-state index is 0.249. The number of carbonyl (C=O) groups excluding carboxylic acids is 2. The van der Waals surface area contributed by atoms with Gasteiger partial charge in [0.2, 0.25) is 0 Å². The molecule has 0 atom stereocenters. The summed E-state index contributed by atoms with van der Waals surface area (Å²) in [5.41, 5.74) is 0.589. The van der Waals surface area contributed by atoms with Gasteiger partial charge >= 0.3 is 11.9 Å². The van der Waals surface area contributed by atoms with Crippen LogP contribution in [-0.2, 0) is 9.47 Å². The smallest absolute Gasteiger partial charge is 0.340 e. The molecule has 16 heavy (non-hydrogen) atoms. The lowest BCUT2D eigenvalue weighted by Crippen LogP contribution is -2.09. The molecule has 0 saturated heterocycles. The van der Waals surface area contributed by atoms with Crippen molar-refractivity contribution in [3.63, 3.8) is 0 Å². The zero-order valence-electron chi connectivity index (χ0n) is 8.28. The number of carbonyl (C=O) groups is 2. The van der Waals surface area contributed by atoms with Crippen LogP contribution in [-0.4, -0.2) is 24.1 Å². The van der Waals surface area contributed by atoms with Gasteiger partial charge in [0, 0.05) is 0 Å². The van der Waals surface area contributed by atoms with Crippen LogP contribution >= 0.6 is 23.2 Å². The molecule has 0 fully saturated rings. The molecule has 0 aliphatic rings. The molecule has 1 rings (SSSR count). The third-order valence-electron chi connectivity index (χ3n) is 1.74. The van der Waals surface area contributed by atoms with Gasteiger partial charge in [-0.05, 0) is 24.3 Å². The van der Waals surface area contributed by atoms with Crippen molar-refractivity contribution in [1.82, 2.24) is 0 Å². The molecule has 1 aromatic carbocycles. The first kappa shape index (κ1) is 12.8. The van der Waals surface area contributed by atoms with Crippen LogP contribution in [0.1, 0.15) is 20.7 Å². The van der Waals surface area contributed by atoms with E-state index in [1.165, 1.54) is 31.4 Å². The Morgan fingerprint density at radius 3 is 1.88 bits per heavy atom. The molecule has 0 aromatic heterocycles. The Bertz CT molecular complexity index is 386. The van der Waals surface area contributed by atoms with E-state index in [1.54, 1.807) is 0 Å². The number of benzene rings is 1. The molecule has 0 amide bonds. The third kappa shape index (κ3) is 3.40. The summed E-state index contributed by atoms with van der Waals surface area (Å²) in [4.78, 5) is 22.4. The maximum Gasteiger partial charge on any atom is 0.340 e. The number of alkyl halides is 2. The molecule has 0 aliphatic carbocycles. The van der Waals surface area contributed by atoms with Crippen LogP contribution in [0.5, 0.6) is 0 Å². The third-order valence-corrected chi connectivity index (χ3v) is 1.92. The molecule has 0 aliphatic heterocycles. The monoisotopic (exact) mass is 262 g/mol. The number of hydrogen-bond acceptors (Lipinski definition) is 4. The summed E-state index contributed by atoms with van der Waals surface area (Å²) in [5, 5.41) is -1.22. The summed E-state index contributed by atoms with van der Waals surface area (Å²) in [5.74, 6) is -1.14. The van der Waals surface area contributed by atoms with Crippen LogP contribution in [0.15, 0.2) is 24.3 Å². The average molecular weight is 263 g/mol. The van der Waals surface area contributed by atoms with Gasteiger partial charge in [-0.25, -0.2) is 9.59 Å². The summed E-state index contributed by atoms with van der Waals surface area (Å²) in [7, 11) is 1.27. The highest BCUT2D eigenvalue weighted by atomic mass is 35.5. The second-order valence-electron chi connectivity index (χ2n) is 2.73. The first-order valence-corrected chi connectivity index (χ1v) is 5.09. The van der Waals surface area contributed by atoms with E-state index in [9.17, 15) is 9.59 Å². The van der Waals surface area contributed by atoms with E-state index < -0.39 is 17.0 Å². The Kier molecular flexibility index (Phi) is 4.58. The fourth-order valence-corrected chi connectivity index (χ4v) is 1.17. The van der Waals surface area contributed by atoms with Gasteiger partial charge in [-0.1, -0.05) is 23.2 Å². The fourth-order valence-electron chi connectivity index (χ4n) is 1.01. The second kappa shape index (κ2) is 5.72. The minimum atomic E-state index is -1.22. The van der Waals surface area contributed by atoms with Gasteiger partial charge in [0.05, 0.1) is 18.2 Å². The maximum atomic E-state index is 11.3. The van der Waals surface area contributed by atoms with Crippen LogP contribution in [0.25, 0.3) is 0 Å². The van der Waals surface area contributed by atoms with Crippen molar-refractivity contribution in [3.8, 4) is 0 Å². The van der Waals surface area contributed by atoms with E-state index in [-0.39, 0.29) is 5.56 Å². The Balaban J connectivity index is 2.78. The van der Waals surface area contributed by atoms with Gasteiger partial charge in [0.1, 0.15) is 0 Å². The zero-order valence-corrected chi connectivity index (χ0v) is 9.79. The van der Waals surface area contributed by atoms with Gasteiger partial charge in [-0.2, -0.15) is 0 Å². The number of methoxy groups -OCH3 is 1. The van der Waals surface area contributed by atoms with E-state index in [2.05, 4.69) is 9.47 Å². The average Bonchev–Trinajstić information content (AvgIpc) is 2.27. The second-order valence-corrected chi connectivity index (χ2v) is 3.75. The van der Waals surface area contributed by atoms with Gasteiger partial charge in [-0.3, -0.25) is 0 Å². The molecule has 86 valence electrons. The first-order chi connectivity index (χ1) is 7.54. The molecular formula is C10H8Cl2O4. The highest BCUT2D eigenvalue weighted by molar-refractivity contribution is 6.43. The van der Waals surface area contributed by atoms with E-state index >= 15 is 0 Å². The van der Waals surface area contributed by atoms with Crippen molar-refractivity contribution < 1.29 is 19.1 Å². The van der Waals surface area contributed by atoms with Crippen LogP contribution < -0.4 is 0 Å². The number of halogens is 2. The van der Waals surface area contributed by atoms with Crippen molar-refractivity contribution in [3.05, 3.63) is 35.4 Å². The summed E-state index contributed by atoms with van der Waals surface area (Å²) < 4.78 is 9.04. The molecule has 6 heteroatoms. The first-order valence-electron chi connectivity index (χ1n) is 4.22. The SMILES string of the molecule is COC(=O)c1ccc(C(=O)OC(Cl)Cl)cc1. The van der Waals surface area contributed by atoms with E-state index in [1.807, 2.05) is 0 Å². The molecule has 1 aromatic rings. The standard InChI is InChI=1S/C10H8Cl2O4/c1-15-8(13)6-2-4-7(5-3-6)9(14)16-10(11)12/h2-5,10H,1H3. The van der Waals surface area contributed by atoms with Gasteiger partial charge in [0.15, 0.2) is 0 Å². The minimum Gasteiger partial charge on any atom is -0.465 e. The topological polar surface area (TPSA) is 52.6 Å². The summed E-state index contributed by atoms with van der Waals surface area (Å²) in [6, 6.07) is 5.73. The number of ether oxygens (including phenoxy) is 2. The zero-order chi connectivity index (χ0) is 12.1. The lowest BCUT2D eigenvalue weighted by atomic mass is 10.1. The van der Waals surface area contributed by atoms with Gasteiger partial charge < -0.3 is 9.47 Å². The van der Waals surface area contributed by atoms with Crippen molar-refractivity contribution >= 4 is 35.1 Å². The lowest BCUT2D eigenvalue weighted by Gasteiger charge is -2.05. The Morgan fingerprint density at radius 2 is 1.50 bits per heavy atom. The number of hydrogen-bond donors (Lipinski definition) is 0. The Hall–Kier alpha value is -1.26. The molecule has 0 unspecified atom stereocenters. The molecule has 0 N–H and O–H groups in total. The Labute approximate surface area is 102 Å². The highest BCUT2D eigenvalue weighted by Gasteiger charge is 2.12.